The van der Waals surface area contributed by atoms with Crippen LogP contribution in [0, 0.1) is 0 Å². The lowest BCUT2D eigenvalue weighted by Crippen LogP contribution is -2.20. The predicted molar refractivity (Wildman–Crippen MR) is 49.3 cm³/mol. The molecule has 16 heavy (non-hydrogen) atoms. The van der Waals surface area contributed by atoms with E-state index in [-0.39, 0.29) is 6.54 Å². The number of hydrogen-bond donors (Lipinski definition) is 1. The first-order chi connectivity index (χ1) is 7.68. The zero-order valence-corrected chi connectivity index (χ0v) is 8.43. The Hall–Kier alpha value is -2.32. The van der Waals surface area contributed by atoms with Crippen LogP contribution in [-0.4, -0.2) is 46.0 Å². The number of aliphatic carboxylic acids is 1. The molecule has 9 heteroatoms. The predicted octanol–water partition coefficient (Wildman–Crippen LogP) is -1.04. The summed E-state index contributed by atoms with van der Waals surface area (Å²) in [5.41, 5.74) is 0. The minimum atomic E-state index is -0.993. The van der Waals surface area contributed by atoms with Crippen LogP contribution in [0.5, 0.6) is 0 Å². The van der Waals surface area contributed by atoms with Gasteiger partial charge in [-0.25, -0.2) is 19.1 Å². The lowest BCUT2D eigenvalue weighted by atomic mass is 10.3. The van der Waals surface area contributed by atoms with E-state index in [1.807, 2.05) is 0 Å². The monoisotopic (exact) mass is 223 g/mol. The van der Waals surface area contributed by atoms with Gasteiger partial charge in [-0.3, -0.25) is 0 Å². The van der Waals surface area contributed by atoms with Crippen LogP contribution in [-0.2, 0) is 11.3 Å². The first kappa shape index (κ1) is 10.2. The molecule has 0 saturated carbocycles. The Bertz CT molecular complexity index is 477. The third-order valence-corrected chi connectivity index (χ3v) is 2.06. The third kappa shape index (κ3) is 1.87. The van der Waals surface area contributed by atoms with E-state index in [2.05, 4.69) is 25.6 Å². The molecule has 0 radical (unpaired) electrons. The van der Waals surface area contributed by atoms with Crippen LogP contribution in [0.2, 0.25) is 0 Å². The topological polar surface area (TPSA) is 112 Å². The molecule has 2 rings (SSSR count). The van der Waals surface area contributed by atoms with Gasteiger partial charge in [0.25, 0.3) is 0 Å². The number of carboxylic acid groups (broad SMARTS) is 1. The van der Waals surface area contributed by atoms with Crippen molar-refractivity contribution < 1.29 is 9.90 Å². The molecule has 1 N–H and O–H groups in total. The SMILES string of the molecule is CC(C(=O)O)n1nnnc1Cn1cncn1. The number of hydrogen-bond acceptors (Lipinski definition) is 6. The fourth-order valence-corrected chi connectivity index (χ4v) is 1.18. The Kier molecular flexibility index (Phi) is 2.58. The maximum atomic E-state index is 10.8. The lowest BCUT2D eigenvalue weighted by molar-refractivity contribution is -0.140. The van der Waals surface area contributed by atoms with Gasteiger partial charge < -0.3 is 5.11 Å². The first-order valence-corrected chi connectivity index (χ1v) is 4.50. The second-order valence-electron chi connectivity index (χ2n) is 3.15. The Morgan fingerprint density at radius 3 is 3.06 bits per heavy atom. The minimum absolute atomic E-state index is 0.282. The van der Waals surface area contributed by atoms with E-state index in [4.69, 9.17) is 5.11 Å². The maximum Gasteiger partial charge on any atom is 0.328 e. The second kappa shape index (κ2) is 4.04. The van der Waals surface area contributed by atoms with E-state index in [1.54, 1.807) is 0 Å². The molecular formula is C7H9N7O2. The van der Waals surface area contributed by atoms with Gasteiger partial charge in [0.05, 0.1) is 0 Å². The van der Waals surface area contributed by atoms with Gasteiger partial charge in [0.1, 0.15) is 19.2 Å². The van der Waals surface area contributed by atoms with E-state index in [1.165, 1.54) is 28.9 Å². The molecule has 0 fully saturated rings. The highest BCUT2D eigenvalue weighted by Gasteiger charge is 2.19. The first-order valence-electron chi connectivity index (χ1n) is 4.50. The van der Waals surface area contributed by atoms with Crippen molar-refractivity contribution in [3.63, 3.8) is 0 Å². The van der Waals surface area contributed by atoms with Crippen molar-refractivity contribution in [2.24, 2.45) is 0 Å². The van der Waals surface area contributed by atoms with Crippen LogP contribution in [0.15, 0.2) is 12.7 Å². The second-order valence-corrected chi connectivity index (χ2v) is 3.15. The van der Waals surface area contributed by atoms with Crippen LogP contribution in [0.3, 0.4) is 0 Å². The van der Waals surface area contributed by atoms with Gasteiger partial charge in [-0.2, -0.15) is 5.10 Å². The quantitative estimate of drug-likeness (QED) is 0.704. The number of rotatable bonds is 4. The van der Waals surface area contributed by atoms with Crippen LogP contribution >= 0.6 is 0 Å². The van der Waals surface area contributed by atoms with Crippen molar-refractivity contribution in [3.05, 3.63) is 18.5 Å². The highest BCUT2D eigenvalue weighted by molar-refractivity contribution is 5.71. The molecule has 0 saturated heterocycles. The molecule has 9 nitrogen and oxygen atoms in total. The fourth-order valence-electron chi connectivity index (χ4n) is 1.18. The van der Waals surface area contributed by atoms with E-state index < -0.39 is 12.0 Å². The minimum Gasteiger partial charge on any atom is -0.480 e. The van der Waals surface area contributed by atoms with Crippen molar-refractivity contribution in [2.75, 3.05) is 0 Å². The Morgan fingerprint density at radius 1 is 1.62 bits per heavy atom. The molecule has 2 heterocycles. The molecule has 2 aromatic rings. The third-order valence-electron chi connectivity index (χ3n) is 2.06. The number of carboxylic acids is 1. The van der Waals surface area contributed by atoms with Crippen molar-refractivity contribution in [1.82, 2.24) is 35.0 Å². The van der Waals surface area contributed by atoms with Gasteiger partial charge in [-0.1, -0.05) is 0 Å². The van der Waals surface area contributed by atoms with Gasteiger partial charge in [0.15, 0.2) is 11.9 Å². The fraction of sp³-hybridized carbons (Fsp3) is 0.429. The van der Waals surface area contributed by atoms with Crippen molar-refractivity contribution >= 4 is 5.97 Å². The van der Waals surface area contributed by atoms with Crippen molar-refractivity contribution in [2.45, 2.75) is 19.5 Å². The molecule has 2 aromatic heterocycles. The summed E-state index contributed by atoms with van der Waals surface area (Å²) in [4.78, 5) is 14.6. The summed E-state index contributed by atoms with van der Waals surface area (Å²) in [6.45, 7) is 1.79. The summed E-state index contributed by atoms with van der Waals surface area (Å²) in [5.74, 6) is -0.576. The molecule has 1 atom stereocenters. The van der Waals surface area contributed by atoms with Gasteiger partial charge in [-0.05, 0) is 17.4 Å². The zero-order valence-electron chi connectivity index (χ0n) is 8.43. The molecule has 0 spiro atoms. The molecule has 0 aliphatic carbocycles. The number of tetrazole rings is 1. The van der Waals surface area contributed by atoms with Gasteiger partial charge in [0, 0.05) is 0 Å². The average Bonchev–Trinajstić information content (AvgIpc) is 2.88. The highest BCUT2D eigenvalue weighted by Crippen LogP contribution is 2.06. The molecule has 84 valence electrons. The summed E-state index contributed by atoms with van der Waals surface area (Å²) in [7, 11) is 0. The summed E-state index contributed by atoms with van der Waals surface area (Å²) in [5, 5.41) is 23.6. The normalized spacial score (nSPS) is 12.6. The molecule has 0 aliphatic heterocycles. The summed E-state index contributed by atoms with van der Waals surface area (Å²) in [6, 6.07) is -0.812. The van der Waals surface area contributed by atoms with Gasteiger partial charge in [0.2, 0.25) is 0 Å². The molecule has 0 aromatic carbocycles. The van der Waals surface area contributed by atoms with E-state index in [0.29, 0.717) is 5.82 Å². The molecule has 1 unspecified atom stereocenters. The zero-order chi connectivity index (χ0) is 11.5. The maximum absolute atomic E-state index is 10.8. The smallest absolute Gasteiger partial charge is 0.328 e. The Morgan fingerprint density at radius 2 is 2.44 bits per heavy atom. The van der Waals surface area contributed by atoms with E-state index in [9.17, 15) is 4.79 Å². The number of carbonyl (C=O) groups is 1. The molecule has 0 aliphatic rings. The summed E-state index contributed by atoms with van der Waals surface area (Å²) in [6.07, 6.45) is 2.89. The van der Waals surface area contributed by atoms with Crippen LogP contribution in [0.1, 0.15) is 18.8 Å². The van der Waals surface area contributed by atoms with Crippen LogP contribution in [0.25, 0.3) is 0 Å². The Balaban J connectivity index is 2.22. The average molecular weight is 223 g/mol. The van der Waals surface area contributed by atoms with Crippen molar-refractivity contribution in [1.29, 1.82) is 0 Å². The number of nitrogens with zero attached hydrogens (tertiary/aromatic N) is 7. The lowest BCUT2D eigenvalue weighted by Gasteiger charge is -2.07. The molecular weight excluding hydrogens is 214 g/mol. The summed E-state index contributed by atoms with van der Waals surface area (Å²) >= 11 is 0. The highest BCUT2D eigenvalue weighted by atomic mass is 16.4. The Labute approximate surface area is 89.7 Å². The van der Waals surface area contributed by atoms with Crippen molar-refractivity contribution in [3.8, 4) is 0 Å². The molecule has 0 bridgehead atoms. The van der Waals surface area contributed by atoms with Gasteiger partial charge >= 0.3 is 5.97 Å². The van der Waals surface area contributed by atoms with Gasteiger partial charge in [-0.15, -0.1) is 5.10 Å². The standard InChI is InChI=1S/C7H9N7O2/c1-5(7(15)16)14-6(10-11-12-14)2-13-4-8-3-9-13/h3-5H,2H2,1H3,(H,15,16). The van der Waals surface area contributed by atoms with E-state index in [0.717, 1.165) is 0 Å². The molecule has 0 amide bonds. The van der Waals surface area contributed by atoms with E-state index >= 15 is 0 Å². The van der Waals surface area contributed by atoms with Crippen LogP contribution < -0.4 is 0 Å². The van der Waals surface area contributed by atoms with Crippen LogP contribution in [0.4, 0.5) is 0 Å². The number of aromatic nitrogens is 7. The largest absolute Gasteiger partial charge is 0.480 e. The summed E-state index contributed by atoms with van der Waals surface area (Å²) < 4.78 is 2.75.